The third-order valence-electron chi connectivity index (χ3n) is 5.70. The Morgan fingerprint density at radius 2 is 1.97 bits per heavy atom. The van der Waals surface area contributed by atoms with Crippen molar-refractivity contribution in [1.29, 1.82) is 0 Å². The molecule has 0 spiro atoms. The van der Waals surface area contributed by atoms with Crippen LogP contribution in [0.1, 0.15) is 49.7 Å². The van der Waals surface area contributed by atoms with E-state index in [1.54, 1.807) is 24.3 Å². The number of fused-ring (bicyclic) bond motifs is 1. The number of nitrogens with zero attached hydrogens (tertiary/aromatic N) is 3. The van der Waals surface area contributed by atoms with E-state index in [4.69, 9.17) is 11.6 Å². The van der Waals surface area contributed by atoms with Crippen LogP contribution < -0.4 is 5.32 Å². The van der Waals surface area contributed by atoms with Crippen LogP contribution in [0, 0.1) is 0 Å². The molecule has 2 N–H and O–H groups in total. The number of amidine groups is 1. The average molecular weight is 489 g/mol. The van der Waals surface area contributed by atoms with Crippen molar-refractivity contribution in [1.82, 2.24) is 10.3 Å². The van der Waals surface area contributed by atoms with Gasteiger partial charge in [0.15, 0.2) is 5.84 Å². The number of carbonyl (C=O) groups is 1. The fourth-order valence-corrected chi connectivity index (χ4v) is 5.39. The number of amides is 1. The third-order valence-corrected chi connectivity index (χ3v) is 7.26. The lowest BCUT2D eigenvalue weighted by molar-refractivity contribution is -0.122. The number of benzene rings is 2. The summed E-state index contributed by atoms with van der Waals surface area (Å²) in [5.41, 5.74) is 0.770. The van der Waals surface area contributed by atoms with E-state index < -0.39 is 10.0 Å². The van der Waals surface area contributed by atoms with Crippen molar-refractivity contribution in [3.8, 4) is 5.75 Å². The highest BCUT2D eigenvalue weighted by atomic mass is 35.5. The van der Waals surface area contributed by atoms with Gasteiger partial charge in [0.1, 0.15) is 10.6 Å². The third kappa shape index (κ3) is 5.54. The van der Waals surface area contributed by atoms with Crippen LogP contribution in [0.2, 0.25) is 5.02 Å². The van der Waals surface area contributed by atoms with Gasteiger partial charge in [-0.25, -0.2) is 5.01 Å². The summed E-state index contributed by atoms with van der Waals surface area (Å²) in [6.07, 6.45) is 6.83. The van der Waals surface area contributed by atoms with Crippen LogP contribution in [-0.2, 0) is 14.8 Å². The van der Waals surface area contributed by atoms with E-state index in [-0.39, 0.29) is 41.4 Å². The first kappa shape index (κ1) is 23.3. The molecular formula is C23H25ClN4O4S. The molecule has 2 aromatic carbocycles. The van der Waals surface area contributed by atoms with Crippen LogP contribution in [0.4, 0.5) is 0 Å². The number of sulfonamides is 1. The summed E-state index contributed by atoms with van der Waals surface area (Å²) in [5.74, 6) is -0.0178. The second-order valence-corrected chi connectivity index (χ2v) is 10.1. The molecule has 4 rings (SSSR count). The number of phenols is 1. The first-order valence-corrected chi connectivity index (χ1v) is 12.7. The smallest absolute Gasteiger partial charge is 0.285 e. The van der Waals surface area contributed by atoms with Crippen molar-refractivity contribution >= 4 is 39.6 Å². The Bertz CT molecular complexity index is 1210. The van der Waals surface area contributed by atoms with Crippen molar-refractivity contribution in [2.75, 3.05) is 6.54 Å². The van der Waals surface area contributed by atoms with Crippen LogP contribution >= 0.6 is 11.6 Å². The predicted molar refractivity (Wildman–Crippen MR) is 127 cm³/mol. The molecule has 1 aliphatic heterocycles. The lowest BCUT2D eigenvalue weighted by Crippen LogP contribution is -2.38. The summed E-state index contributed by atoms with van der Waals surface area (Å²) in [5, 5.41) is 19.3. The van der Waals surface area contributed by atoms with Gasteiger partial charge in [-0.1, -0.05) is 43.0 Å². The number of halogens is 1. The van der Waals surface area contributed by atoms with Gasteiger partial charge in [0.05, 0.1) is 12.8 Å². The fraction of sp³-hybridized carbons (Fsp3) is 0.348. The summed E-state index contributed by atoms with van der Waals surface area (Å²) in [6.45, 7) is 0.110. The molecule has 1 heterocycles. The zero-order chi connectivity index (χ0) is 23.4. The minimum atomic E-state index is -3.86. The molecule has 1 aliphatic carbocycles. The molecule has 0 saturated heterocycles. The van der Waals surface area contributed by atoms with E-state index in [0.717, 1.165) is 25.7 Å². The summed E-state index contributed by atoms with van der Waals surface area (Å²) in [6, 6.07) is 11.2. The van der Waals surface area contributed by atoms with Gasteiger partial charge >= 0.3 is 0 Å². The molecule has 1 saturated carbocycles. The molecule has 0 bridgehead atoms. The van der Waals surface area contributed by atoms with Crippen molar-refractivity contribution < 1.29 is 18.3 Å². The van der Waals surface area contributed by atoms with Crippen LogP contribution in [0.5, 0.6) is 5.75 Å². The predicted octanol–water partition coefficient (Wildman–Crippen LogP) is 3.67. The van der Waals surface area contributed by atoms with Crippen LogP contribution in [-0.4, -0.2) is 49.1 Å². The first-order chi connectivity index (χ1) is 15.8. The maximum atomic E-state index is 12.6. The van der Waals surface area contributed by atoms with Gasteiger partial charge < -0.3 is 10.4 Å². The van der Waals surface area contributed by atoms with E-state index in [1.807, 2.05) is 0 Å². The molecule has 2 aliphatic rings. The minimum absolute atomic E-state index is 0.0282. The Hall–Kier alpha value is -2.91. The number of aromatic hydroxyl groups is 1. The Kier molecular flexibility index (Phi) is 6.99. The van der Waals surface area contributed by atoms with Crippen molar-refractivity contribution in [3.05, 3.63) is 58.6 Å². The zero-order valence-electron chi connectivity index (χ0n) is 17.9. The number of hydrogen-bond acceptors (Lipinski definition) is 6. The monoisotopic (exact) mass is 488 g/mol. The fourth-order valence-electron chi connectivity index (χ4n) is 4.01. The van der Waals surface area contributed by atoms with E-state index in [0.29, 0.717) is 16.1 Å². The molecule has 174 valence electrons. The van der Waals surface area contributed by atoms with E-state index >= 15 is 0 Å². The number of phenolic OH excluding ortho intramolecular Hbond substituents is 1. The molecule has 0 unspecified atom stereocenters. The highest BCUT2D eigenvalue weighted by molar-refractivity contribution is 7.90. The second-order valence-electron chi connectivity index (χ2n) is 8.11. The van der Waals surface area contributed by atoms with Gasteiger partial charge in [-0.15, -0.1) is 4.40 Å². The highest BCUT2D eigenvalue weighted by Crippen LogP contribution is 2.28. The highest BCUT2D eigenvalue weighted by Gasteiger charge is 2.32. The van der Waals surface area contributed by atoms with Crippen LogP contribution in [0.15, 0.2) is 56.9 Å². The van der Waals surface area contributed by atoms with Gasteiger partial charge in [-0.3, -0.25) is 4.79 Å². The minimum Gasteiger partial charge on any atom is -0.507 e. The summed E-state index contributed by atoms with van der Waals surface area (Å²) < 4.78 is 29.0. The molecule has 1 amide bonds. The number of rotatable bonds is 6. The summed E-state index contributed by atoms with van der Waals surface area (Å²) in [4.78, 5) is 12.7. The van der Waals surface area contributed by atoms with Gasteiger partial charge in [0, 0.05) is 28.6 Å². The van der Waals surface area contributed by atoms with Gasteiger partial charge in [-0.05, 0) is 43.2 Å². The average Bonchev–Trinajstić information content (AvgIpc) is 3.07. The van der Waals surface area contributed by atoms with E-state index in [1.165, 1.54) is 35.8 Å². The molecule has 33 heavy (non-hydrogen) atoms. The SMILES string of the molecule is O=C(CCN(N=Cc1cc(Cl)ccc1O)C1=NS(=O)(=O)c2ccccc21)NC1CCCCC1. The quantitative estimate of drug-likeness (QED) is 0.476. The topological polar surface area (TPSA) is 111 Å². The molecular weight excluding hydrogens is 464 g/mol. The lowest BCUT2D eigenvalue weighted by Gasteiger charge is -2.24. The number of nitrogens with one attached hydrogen (secondary N) is 1. The standard InChI is InChI=1S/C23H25ClN4O4S/c24-17-10-11-20(29)16(14-17)15-25-28(13-12-22(30)26-18-6-2-1-3-7-18)23-19-8-4-5-9-21(19)33(31,32)27-23/h4-5,8-11,14-15,18,29H,1-3,6-7,12-13H2,(H,26,30). The Balaban J connectivity index is 1.58. The molecule has 2 aromatic rings. The number of hydrogen-bond donors (Lipinski definition) is 2. The van der Waals surface area contributed by atoms with E-state index in [9.17, 15) is 18.3 Å². The van der Waals surface area contributed by atoms with Gasteiger partial charge in [0.25, 0.3) is 10.0 Å². The van der Waals surface area contributed by atoms with E-state index in [2.05, 4.69) is 14.8 Å². The molecule has 1 fully saturated rings. The Labute approximate surface area is 198 Å². The van der Waals surface area contributed by atoms with Gasteiger partial charge in [-0.2, -0.15) is 13.5 Å². The molecule has 0 aromatic heterocycles. The van der Waals surface area contributed by atoms with Crippen LogP contribution in [0.3, 0.4) is 0 Å². The van der Waals surface area contributed by atoms with Crippen molar-refractivity contribution in [2.24, 2.45) is 9.50 Å². The Morgan fingerprint density at radius 3 is 2.76 bits per heavy atom. The second kappa shape index (κ2) is 9.93. The first-order valence-electron chi connectivity index (χ1n) is 10.9. The molecule has 0 atom stereocenters. The Morgan fingerprint density at radius 1 is 1.21 bits per heavy atom. The summed E-state index contributed by atoms with van der Waals surface area (Å²) >= 11 is 6.02. The number of carbonyl (C=O) groups excluding carboxylic acids is 1. The number of hydrazone groups is 1. The normalized spacial score (nSPS) is 17.5. The maximum Gasteiger partial charge on any atom is 0.285 e. The van der Waals surface area contributed by atoms with Gasteiger partial charge in [0.2, 0.25) is 5.91 Å². The van der Waals surface area contributed by atoms with Crippen molar-refractivity contribution in [3.63, 3.8) is 0 Å². The molecule has 0 radical (unpaired) electrons. The molecule has 10 heteroatoms. The van der Waals surface area contributed by atoms with Crippen LogP contribution in [0.25, 0.3) is 0 Å². The zero-order valence-corrected chi connectivity index (χ0v) is 19.5. The maximum absolute atomic E-state index is 12.6. The lowest BCUT2D eigenvalue weighted by atomic mass is 9.95. The largest absolute Gasteiger partial charge is 0.507 e. The molecule has 8 nitrogen and oxygen atoms in total. The summed E-state index contributed by atoms with van der Waals surface area (Å²) in [7, 11) is -3.86. The van der Waals surface area contributed by atoms with Crippen molar-refractivity contribution in [2.45, 2.75) is 49.5 Å².